The summed E-state index contributed by atoms with van der Waals surface area (Å²) in [5.74, 6) is 0.461. The molecular formula is C9H8Cl5N5S. The Balaban J connectivity index is 0.00000180. The minimum Gasteiger partial charge on any atom is -0.384 e. The number of rotatable bonds is 2. The molecule has 0 saturated heterocycles. The zero-order valence-electron chi connectivity index (χ0n) is 9.51. The molecule has 5 nitrogen and oxygen atoms in total. The maximum absolute atomic E-state index is 6.01. The van der Waals surface area contributed by atoms with Crippen LogP contribution in [0, 0.1) is 0 Å². The van der Waals surface area contributed by atoms with E-state index in [0.717, 1.165) is 0 Å². The highest BCUT2D eigenvalue weighted by Gasteiger charge is 2.13. The van der Waals surface area contributed by atoms with E-state index in [-0.39, 0.29) is 51.8 Å². The van der Waals surface area contributed by atoms with E-state index in [9.17, 15) is 0 Å². The molecule has 2 rings (SSSR count). The van der Waals surface area contributed by atoms with Gasteiger partial charge in [0.2, 0.25) is 0 Å². The van der Waals surface area contributed by atoms with E-state index in [0.29, 0.717) is 9.92 Å². The van der Waals surface area contributed by atoms with Gasteiger partial charge >= 0.3 is 0 Å². The van der Waals surface area contributed by atoms with Gasteiger partial charge in [-0.15, -0.1) is 24.8 Å². The molecule has 0 unspecified atom stereocenters. The van der Waals surface area contributed by atoms with Crippen LogP contribution < -0.4 is 11.5 Å². The second-order valence-corrected chi connectivity index (χ2v) is 5.29. The third kappa shape index (κ3) is 4.58. The van der Waals surface area contributed by atoms with Gasteiger partial charge in [0.15, 0.2) is 11.0 Å². The van der Waals surface area contributed by atoms with Crippen LogP contribution in [0.2, 0.25) is 15.3 Å². The molecule has 0 aliphatic carbocycles. The fourth-order valence-corrected chi connectivity index (χ4v) is 2.56. The lowest BCUT2D eigenvalue weighted by Gasteiger charge is -2.07. The standard InChI is InChI=1S/C9H6Cl3N5S.2ClH/c10-4-2-15-9(8(14)16-4)18-3-1-5(13)17-7(12)6(3)11;;/h1-2H,(H2,13,17)(H2,14,16);2*1H. The first-order chi connectivity index (χ1) is 8.47. The lowest BCUT2D eigenvalue weighted by Crippen LogP contribution is -1.97. The lowest BCUT2D eigenvalue weighted by molar-refractivity contribution is 1.07. The van der Waals surface area contributed by atoms with Gasteiger partial charge in [-0.25, -0.2) is 15.0 Å². The van der Waals surface area contributed by atoms with E-state index in [1.807, 2.05) is 0 Å². The van der Waals surface area contributed by atoms with E-state index in [4.69, 9.17) is 46.3 Å². The average molecular weight is 396 g/mol. The van der Waals surface area contributed by atoms with E-state index in [1.54, 1.807) is 6.07 Å². The first-order valence-corrected chi connectivity index (χ1v) is 6.50. The quantitative estimate of drug-likeness (QED) is 0.747. The van der Waals surface area contributed by atoms with E-state index in [1.165, 1.54) is 18.0 Å². The Morgan fingerprint density at radius 1 is 1.05 bits per heavy atom. The molecule has 0 spiro atoms. The fraction of sp³-hybridized carbons (Fsp3) is 0. The summed E-state index contributed by atoms with van der Waals surface area (Å²) in [5, 5.41) is 1.09. The highest BCUT2D eigenvalue weighted by molar-refractivity contribution is 7.99. The summed E-state index contributed by atoms with van der Waals surface area (Å²) in [5.41, 5.74) is 11.3. The van der Waals surface area contributed by atoms with E-state index >= 15 is 0 Å². The summed E-state index contributed by atoms with van der Waals surface area (Å²) in [7, 11) is 0. The van der Waals surface area contributed by atoms with Crippen LogP contribution in [-0.4, -0.2) is 15.0 Å². The Labute approximate surface area is 146 Å². The monoisotopic (exact) mass is 393 g/mol. The van der Waals surface area contributed by atoms with Crippen molar-refractivity contribution in [3.05, 3.63) is 27.6 Å². The Kier molecular flexibility index (Phi) is 8.01. The second kappa shape index (κ2) is 8.17. The predicted octanol–water partition coefficient (Wildman–Crippen LogP) is 3.99. The van der Waals surface area contributed by atoms with Crippen molar-refractivity contribution in [2.24, 2.45) is 0 Å². The van der Waals surface area contributed by atoms with Crippen LogP contribution >= 0.6 is 71.4 Å². The highest BCUT2D eigenvalue weighted by Crippen LogP contribution is 2.38. The van der Waals surface area contributed by atoms with Crippen LogP contribution in [0.3, 0.4) is 0 Å². The van der Waals surface area contributed by atoms with Gasteiger partial charge in [-0.2, -0.15) is 0 Å². The van der Waals surface area contributed by atoms with Crippen molar-refractivity contribution in [3.8, 4) is 0 Å². The number of aromatic nitrogens is 3. The van der Waals surface area contributed by atoms with Crippen molar-refractivity contribution in [3.63, 3.8) is 0 Å². The summed E-state index contributed by atoms with van der Waals surface area (Å²) >= 11 is 18.7. The number of nitrogen functional groups attached to an aromatic ring is 2. The summed E-state index contributed by atoms with van der Waals surface area (Å²) in [6, 6.07) is 1.58. The summed E-state index contributed by atoms with van der Waals surface area (Å²) in [6.07, 6.45) is 1.39. The number of anilines is 2. The van der Waals surface area contributed by atoms with Crippen LogP contribution in [0.5, 0.6) is 0 Å². The summed E-state index contributed by atoms with van der Waals surface area (Å²) in [4.78, 5) is 12.4. The molecule has 11 heteroatoms. The number of nitrogens with two attached hydrogens (primary N) is 2. The SMILES string of the molecule is Cl.Cl.Nc1cc(Sc2ncc(Cl)nc2N)c(Cl)c(Cl)n1. The van der Waals surface area contributed by atoms with Gasteiger partial charge < -0.3 is 11.5 Å². The molecule has 110 valence electrons. The average Bonchev–Trinajstić information content (AvgIpc) is 2.29. The third-order valence-corrected chi connectivity index (χ3v) is 3.94. The van der Waals surface area contributed by atoms with Gasteiger partial charge in [-0.3, -0.25) is 0 Å². The van der Waals surface area contributed by atoms with Crippen LogP contribution in [0.25, 0.3) is 0 Å². The van der Waals surface area contributed by atoms with Crippen molar-refractivity contribution in [2.75, 3.05) is 11.5 Å². The van der Waals surface area contributed by atoms with Gasteiger partial charge in [0.1, 0.15) is 16.0 Å². The molecule has 0 saturated carbocycles. The Hall–Kier alpha value is -0.370. The highest BCUT2D eigenvalue weighted by atomic mass is 35.5. The number of hydrogen-bond acceptors (Lipinski definition) is 6. The Bertz CT molecular complexity index is 612. The molecule has 0 aliphatic heterocycles. The molecule has 2 aromatic rings. The fourth-order valence-electron chi connectivity index (χ4n) is 1.12. The zero-order valence-corrected chi connectivity index (χ0v) is 14.2. The molecule has 20 heavy (non-hydrogen) atoms. The number of halogens is 5. The maximum atomic E-state index is 6.01. The second-order valence-electron chi connectivity index (χ2n) is 3.14. The minimum absolute atomic E-state index is 0. The zero-order chi connectivity index (χ0) is 13.3. The Morgan fingerprint density at radius 2 is 1.70 bits per heavy atom. The van der Waals surface area contributed by atoms with Gasteiger partial charge in [-0.1, -0.05) is 46.6 Å². The van der Waals surface area contributed by atoms with Crippen molar-refractivity contribution in [1.82, 2.24) is 15.0 Å². The van der Waals surface area contributed by atoms with Gasteiger partial charge in [0.25, 0.3) is 0 Å². The van der Waals surface area contributed by atoms with Crippen molar-refractivity contribution in [2.45, 2.75) is 9.92 Å². The maximum Gasteiger partial charge on any atom is 0.158 e. The molecule has 4 N–H and O–H groups in total. The van der Waals surface area contributed by atoms with Crippen LogP contribution in [0.4, 0.5) is 11.6 Å². The number of hydrogen-bond donors (Lipinski definition) is 2. The van der Waals surface area contributed by atoms with Gasteiger partial charge in [0.05, 0.1) is 11.2 Å². The molecule has 0 atom stereocenters. The minimum atomic E-state index is 0. The normalized spacial score (nSPS) is 9.55. The molecule has 2 aromatic heterocycles. The predicted molar refractivity (Wildman–Crippen MR) is 88.7 cm³/mol. The molecule has 0 amide bonds. The van der Waals surface area contributed by atoms with E-state index < -0.39 is 0 Å². The smallest absolute Gasteiger partial charge is 0.158 e. The van der Waals surface area contributed by atoms with Crippen molar-refractivity contribution >= 4 is 83.0 Å². The summed E-state index contributed by atoms with van der Waals surface area (Å²) < 4.78 is 0. The van der Waals surface area contributed by atoms with E-state index in [2.05, 4.69) is 15.0 Å². The largest absolute Gasteiger partial charge is 0.384 e. The van der Waals surface area contributed by atoms with Crippen LogP contribution in [-0.2, 0) is 0 Å². The topological polar surface area (TPSA) is 90.7 Å². The molecule has 2 heterocycles. The molecule has 0 radical (unpaired) electrons. The summed E-state index contributed by atoms with van der Waals surface area (Å²) in [6.45, 7) is 0. The molecular weight excluding hydrogens is 387 g/mol. The molecule has 0 bridgehead atoms. The molecule has 0 aromatic carbocycles. The first kappa shape index (κ1) is 19.6. The number of nitrogens with zero attached hydrogens (tertiary/aromatic N) is 3. The van der Waals surface area contributed by atoms with Gasteiger partial charge in [-0.05, 0) is 6.07 Å². The third-order valence-electron chi connectivity index (χ3n) is 1.85. The first-order valence-electron chi connectivity index (χ1n) is 4.54. The lowest BCUT2D eigenvalue weighted by atomic mass is 10.5. The van der Waals surface area contributed by atoms with Crippen molar-refractivity contribution in [1.29, 1.82) is 0 Å². The van der Waals surface area contributed by atoms with Gasteiger partial charge in [0, 0.05) is 4.90 Å². The Morgan fingerprint density at radius 3 is 2.30 bits per heavy atom. The number of pyridine rings is 1. The van der Waals surface area contributed by atoms with Crippen LogP contribution in [0.1, 0.15) is 0 Å². The van der Waals surface area contributed by atoms with Crippen LogP contribution in [0.15, 0.2) is 22.2 Å². The van der Waals surface area contributed by atoms with Crippen molar-refractivity contribution < 1.29 is 0 Å². The molecule has 0 fully saturated rings. The molecule has 0 aliphatic rings.